The number of H-pyrrole nitrogens is 1. The number of aromatic amines is 1. The lowest BCUT2D eigenvalue weighted by Crippen LogP contribution is -2.33. The lowest BCUT2D eigenvalue weighted by atomic mass is 10.1. The summed E-state index contributed by atoms with van der Waals surface area (Å²) in [7, 11) is 0. The summed E-state index contributed by atoms with van der Waals surface area (Å²) in [6, 6.07) is 10.8. The van der Waals surface area contributed by atoms with Gasteiger partial charge < -0.3 is 15.4 Å². The molecule has 0 aliphatic carbocycles. The first-order valence-corrected chi connectivity index (χ1v) is 9.43. The number of aliphatic hydroxyl groups excluding tert-OH is 1. The van der Waals surface area contributed by atoms with Crippen molar-refractivity contribution >= 4 is 16.8 Å². The summed E-state index contributed by atoms with van der Waals surface area (Å²) in [5.74, 6) is -0.0446. The van der Waals surface area contributed by atoms with Gasteiger partial charge in [0, 0.05) is 50.7 Å². The first-order valence-electron chi connectivity index (χ1n) is 9.43. The minimum Gasteiger partial charge on any atom is -0.395 e. The Hall–Kier alpha value is -2.64. The zero-order valence-corrected chi connectivity index (χ0v) is 15.3. The second-order valence-electron chi connectivity index (χ2n) is 7.03. The summed E-state index contributed by atoms with van der Waals surface area (Å²) >= 11 is 0. The lowest BCUT2D eigenvalue weighted by molar-refractivity contribution is -0.121. The van der Waals surface area contributed by atoms with E-state index in [9.17, 15) is 4.79 Å². The van der Waals surface area contributed by atoms with Crippen LogP contribution in [0, 0.1) is 0 Å². The number of aliphatic hydroxyl groups is 1. The van der Waals surface area contributed by atoms with Crippen molar-refractivity contribution in [2.45, 2.75) is 32.5 Å². The molecule has 7 heteroatoms. The van der Waals surface area contributed by atoms with Crippen LogP contribution in [0.3, 0.4) is 0 Å². The maximum Gasteiger partial charge on any atom is 0.220 e. The molecule has 1 aliphatic rings. The van der Waals surface area contributed by atoms with Gasteiger partial charge in [-0.25, -0.2) is 0 Å². The molecule has 0 atom stereocenters. The Morgan fingerprint density at radius 2 is 2.19 bits per heavy atom. The number of carbonyl (C=O) groups is 1. The highest BCUT2D eigenvalue weighted by Gasteiger charge is 2.19. The Balaban J connectivity index is 1.35. The highest BCUT2D eigenvalue weighted by atomic mass is 16.3. The molecule has 142 valence electrons. The number of amides is 1. The van der Waals surface area contributed by atoms with Gasteiger partial charge in [-0.2, -0.15) is 5.10 Å². The zero-order valence-electron chi connectivity index (χ0n) is 15.3. The molecule has 27 heavy (non-hydrogen) atoms. The van der Waals surface area contributed by atoms with Gasteiger partial charge in [0.05, 0.1) is 24.5 Å². The van der Waals surface area contributed by atoms with Crippen LogP contribution in [-0.4, -0.2) is 50.4 Å². The van der Waals surface area contributed by atoms with Crippen LogP contribution in [0.5, 0.6) is 0 Å². The van der Waals surface area contributed by atoms with Gasteiger partial charge >= 0.3 is 0 Å². The van der Waals surface area contributed by atoms with Crippen LogP contribution >= 0.6 is 0 Å². The molecule has 3 aromatic rings. The molecule has 2 aromatic heterocycles. The van der Waals surface area contributed by atoms with Crippen LogP contribution in [0.4, 0.5) is 0 Å². The molecule has 7 nitrogen and oxygen atoms in total. The van der Waals surface area contributed by atoms with E-state index >= 15 is 0 Å². The largest absolute Gasteiger partial charge is 0.395 e. The summed E-state index contributed by atoms with van der Waals surface area (Å²) in [5, 5.41) is 17.3. The van der Waals surface area contributed by atoms with Gasteiger partial charge in [-0.1, -0.05) is 6.07 Å². The molecule has 0 spiro atoms. The molecule has 1 aromatic carbocycles. The molecule has 4 rings (SSSR count). The van der Waals surface area contributed by atoms with Crippen molar-refractivity contribution in [3.8, 4) is 0 Å². The number of aromatic nitrogens is 3. The average molecular weight is 367 g/mol. The number of nitrogens with zero attached hydrogens (tertiary/aromatic N) is 3. The molecule has 1 amide bonds. The molecular formula is C20H25N5O2. The van der Waals surface area contributed by atoms with Crippen molar-refractivity contribution in [2.24, 2.45) is 0 Å². The minimum absolute atomic E-state index is 0.0304. The Morgan fingerprint density at radius 1 is 1.26 bits per heavy atom. The van der Waals surface area contributed by atoms with E-state index in [1.165, 1.54) is 22.2 Å². The first-order chi connectivity index (χ1) is 13.2. The van der Waals surface area contributed by atoms with Crippen molar-refractivity contribution in [2.75, 3.05) is 19.7 Å². The predicted molar refractivity (Wildman–Crippen MR) is 103 cm³/mol. The van der Waals surface area contributed by atoms with Gasteiger partial charge in [-0.15, -0.1) is 0 Å². The fourth-order valence-corrected chi connectivity index (χ4v) is 3.62. The second kappa shape index (κ2) is 7.94. The summed E-state index contributed by atoms with van der Waals surface area (Å²) < 4.78 is 2.06. The van der Waals surface area contributed by atoms with Gasteiger partial charge in [-0.3, -0.25) is 14.4 Å². The molecule has 0 saturated carbocycles. The van der Waals surface area contributed by atoms with Crippen LogP contribution in [0.1, 0.15) is 23.4 Å². The normalized spacial score (nSPS) is 14.4. The maximum absolute atomic E-state index is 11.7. The lowest BCUT2D eigenvalue weighted by Gasteiger charge is -2.27. The number of hydrogen-bond acceptors (Lipinski definition) is 4. The summed E-state index contributed by atoms with van der Waals surface area (Å²) in [6.07, 6.45) is 3.00. The monoisotopic (exact) mass is 367 g/mol. The van der Waals surface area contributed by atoms with Crippen LogP contribution in [0.15, 0.2) is 36.5 Å². The molecule has 0 radical (unpaired) electrons. The molecule has 0 unspecified atom stereocenters. The highest BCUT2D eigenvalue weighted by molar-refractivity contribution is 5.79. The van der Waals surface area contributed by atoms with E-state index in [0.29, 0.717) is 19.4 Å². The van der Waals surface area contributed by atoms with Gasteiger partial charge in [0.25, 0.3) is 0 Å². The Bertz CT molecular complexity index is 929. The number of nitrogens with one attached hydrogen (secondary N) is 2. The van der Waals surface area contributed by atoms with Crippen LogP contribution in [0.25, 0.3) is 10.9 Å². The van der Waals surface area contributed by atoms with E-state index in [4.69, 9.17) is 5.11 Å². The van der Waals surface area contributed by atoms with Crippen molar-refractivity contribution in [3.05, 3.63) is 53.5 Å². The zero-order chi connectivity index (χ0) is 18.6. The predicted octanol–water partition coefficient (Wildman–Crippen LogP) is 1.42. The van der Waals surface area contributed by atoms with Gasteiger partial charge in [-0.05, 0) is 35.2 Å². The number of rotatable bonds is 7. The Kier molecular flexibility index (Phi) is 5.22. The van der Waals surface area contributed by atoms with E-state index in [-0.39, 0.29) is 12.5 Å². The van der Waals surface area contributed by atoms with Gasteiger partial charge in [0.1, 0.15) is 0 Å². The van der Waals surface area contributed by atoms with E-state index in [2.05, 4.69) is 55.3 Å². The van der Waals surface area contributed by atoms with Crippen molar-refractivity contribution in [1.82, 2.24) is 25.0 Å². The summed E-state index contributed by atoms with van der Waals surface area (Å²) in [6.45, 7) is 3.91. The van der Waals surface area contributed by atoms with E-state index in [1.807, 2.05) is 6.20 Å². The molecule has 1 aliphatic heterocycles. The summed E-state index contributed by atoms with van der Waals surface area (Å²) in [5.41, 5.74) is 4.65. The fraction of sp³-hybridized carbons (Fsp3) is 0.400. The number of hydrogen-bond donors (Lipinski definition) is 3. The second-order valence-corrected chi connectivity index (χ2v) is 7.03. The van der Waals surface area contributed by atoms with Crippen molar-refractivity contribution < 1.29 is 9.90 Å². The first kappa shape index (κ1) is 17.8. The van der Waals surface area contributed by atoms with E-state index in [0.717, 1.165) is 31.9 Å². The third kappa shape index (κ3) is 4.20. The highest BCUT2D eigenvalue weighted by Crippen LogP contribution is 2.19. The third-order valence-electron chi connectivity index (χ3n) is 4.99. The molecule has 3 heterocycles. The maximum atomic E-state index is 11.7. The van der Waals surface area contributed by atoms with Crippen molar-refractivity contribution in [1.29, 1.82) is 0 Å². The van der Waals surface area contributed by atoms with Gasteiger partial charge in [0.2, 0.25) is 5.91 Å². The van der Waals surface area contributed by atoms with Crippen LogP contribution < -0.4 is 5.32 Å². The topological polar surface area (TPSA) is 86.2 Å². The third-order valence-corrected chi connectivity index (χ3v) is 4.99. The number of fused-ring (bicyclic) bond motifs is 2. The fourth-order valence-electron chi connectivity index (χ4n) is 3.62. The summed E-state index contributed by atoms with van der Waals surface area (Å²) in [4.78, 5) is 17.3. The number of aryl methyl sites for hydroxylation is 1. The molecular weight excluding hydrogens is 342 g/mol. The molecule has 3 N–H and O–H groups in total. The van der Waals surface area contributed by atoms with E-state index < -0.39 is 0 Å². The molecule has 0 fully saturated rings. The molecule has 0 bridgehead atoms. The quantitative estimate of drug-likeness (QED) is 0.590. The average Bonchev–Trinajstić information content (AvgIpc) is 3.30. The number of benzene rings is 1. The minimum atomic E-state index is -0.0446. The Labute approximate surface area is 158 Å². The number of carbonyl (C=O) groups excluding carboxylic acids is 1. The SMILES string of the molecule is O=C(CCc1cc2n(n1)CCN(Cc1ccc3[nH]ccc3c1)C2)NCCO. The van der Waals surface area contributed by atoms with Crippen LogP contribution in [-0.2, 0) is 30.8 Å². The molecule has 0 saturated heterocycles. The Morgan fingerprint density at radius 3 is 3.07 bits per heavy atom. The standard InChI is InChI=1S/C20H25N5O2/c26-10-7-22-20(27)4-2-17-12-18-14-24(8-9-25(18)23-17)13-15-1-3-19-16(11-15)5-6-21-19/h1,3,5-6,11-12,21,26H,2,4,7-10,13-14H2,(H,22,27). The van der Waals surface area contributed by atoms with Gasteiger partial charge in [0.15, 0.2) is 0 Å². The smallest absolute Gasteiger partial charge is 0.220 e. The van der Waals surface area contributed by atoms with E-state index in [1.54, 1.807) is 0 Å². The van der Waals surface area contributed by atoms with Crippen LogP contribution in [0.2, 0.25) is 0 Å². The van der Waals surface area contributed by atoms with Crippen molar-refractivity contribution in [3.63, 3.8) is 0 Å².